The molecule has 0 saturated carbocycles. The molecule has 0 aromatic heterocycles. The number of hydrogen-bond donors (Lipinski definition) is 0. The Morgan fingerprint density at radius 1 is 1.17 bits per heavy atom. The van der Waals surface area contributed by atoms with E-state index in [0.29, 0.717) is 6.54 Å². The summed E-state index contributed by atoms with van der Waals surface area (Å²) in [4.78, 5) is 18.4. The number of alkyl halides is 3. The average molecular weight is 439 g/mol. The van der Waals surface area contributed by atoms with E-state index in [9.17, 15) is 18.0 Å². The lowest BCUT2D eigenvalue weighted by Crippen LogP contribution is -2.44. The highest BCUT2D eigenvalue weighted by atomic mass is 32.1. The first-order valence-corrected chi connectivity index (χ1v) is 10.5. The average Bonchev–Trinajstić information content (AvgIpc) is 3.25. The second kappa shape index (κ2) is 8.52. The first kappa shape index (κ1) is 22.5. The Hall–Kier alpha value is -2.18. The van der Waals surface area contributed by atoms with Crippen molar-refractivity contribution >= 4 is 28.9 Å². The van der Waals surface area contributed by atoms with Crippen LogP contribution in [0.4, 0.5) is 18.9 Å². The predicted octanol–water partition coefficient (Wildman–Crippen LogP) is 4.17. The number of unbranched alkanes of at least 4 members (excludes halogenated alkanes) is 1. The van der Waals surface area contributed by atoms with Crippen molar-refractivity contribution in [3.8, 4) is 6.07 Å². The van der Waals surface area contributed by atoms with Gasteiger partial charge in [-0.05, 0) is 89.6 Å². The van der Waals surface area contributed by atoms with E-state index in [1.54, 1.807) is 24.8 Å². The maximum Gasteiger partial charge on any atom is 0.417 e. The van der Waals surface area contributed by atoms with Crippen LogP contribution in [-0.4, -0.2) is 52.5 Å². The lowest BCUT2D eigenvalue weighted by atomic mass is 10.0. The van der Waals surface area contributed by atoms with Crippen LogP contribution < -0.4 is 4.90 Å². The topological polar surface area (TPSA) is 50.6 Å². The molecule has 2 aliphatic rings. The van der Waals surface area contributed by atoms with Crippen LogP contribution in [0.1, 0.15) is 50.7 Å². The van der Waals surface area contributed by atoms with Gasteiger partial charge in [0, 0.05) is 6.54 Å². The molecule has 162 valence electrons. The van der Waals surface area contributed by atoms with Crippen LogP contribution in [0.25, 0.3) is 0 Å². The van der Waals surface area contributed by atoms with Crippen molar-refractivity contribution < 1.29 is 18.0 Å². The molecule has 3 rings (SSSR count). The summed E-state index contributed by atoms with van der Waals surface area (Å²) in [6.45, 7) is 7.28. The molecular weight excluding hydrogens is 413 g/mol. The Kier molecular flexibility index (Phi) is 6.39. The van der Waals surface area contributed by atoms with Gasteiger partial charge in [-0.2, -0.15) is 18.4 Å². The van der Waals surface area contributed by atoms with E-state index < -0.39 is 22.8 Å². The monoisotopic (exact) mass is 438 g/mol. The number of thiocarbonyl (C=S) groups is 1. The first-order valence-electron chi connectivity index (χ1n) is 10.1. The SMILES string of the molecule is CC1(C)C(=O)N(c2ccc(C#N)c(C(F)(F)F)c2)C(=S)N1CCCCN1CCCC1. The van der Waals surface area contributed by atoms with E-state index >= 15 is 0 Å². The number of halogens is 3. The van der Waals surface area contributed by atoms with Gasteiger partial charge < -0.3 is 9.80 Å². The number of rotatable bonds is 6. The van der Waals surface area contributed by atoms with Gasteiger partial charge in [-0.15, -0.1) is 0 Å². The summed E-state index contributed by atoms with van der Waals surface area (Å²) in [6.07, 6.45) is -0.425. The second-order valence-electron chi connectivity index (χ2n) is 8.23. The zero-order valence-corrected chi connectivity index (χ0v) is 17.9. The highest BCUT2D eigenvalue weighted by Crippen LogP contribution is 2.37. The fourth-order valence-electron chi connectivity index (χ4n) is 4.05. The van der Waals surface area contributed by atoms with Crippen LogP contribution in [0.5, 0.6) is 0 Å². The third kappa shape index (κ3) is 4.30. The van der Waals surface area contributed by atoms with Gasteiger partial charge >= 0.3 is 6.18 Å². The number of amides is 1. The Bertz CT molecular complexity index is 872. The molecule has 0 bridgehead atoms. The Morgan fingerprint density at radius 2 is 1.80 bits per heavy atom. The largest absolute Gasteiger partial charge is 0.417 e. The van der Waals surface area contributed by atoms with Gasteiger partial charge in [-0.1, -0.05) is 0 Å². The summed E-state index contributed by atoms with van der Waals surface area (Å²) in [6, 6.07) is 4.80. The number of nitrogens with zero attached hydrogens (tertiary/aromatic N) is 4. The normalized spacial score (nSPS) is 19.6. The summed E-state index contributed by atoms with van der Waals surface area (Å²) in [5.74, 6) is -0.370. The van der Waals surface area contributed by atoms with Crippen LogP contribution in [-0.2, 0) is 11.0 Å². The summed E-state index contributed by atoms with van der Waals surface area (Å²) in [7, 11) is 0. The Morgan fingerprint density at radius 3 is 2.40 bits per heavy atom. The van der Waals surface area contributed by atoms with Gasteiger partial charge in [0.15, 0.2) is 5.11 Å². The zero-order valence-electron chi connectivity index (χ0n) is 17.1. The van der Waals surface area contributed by atoms with Crippen molar-refractivity contribution in [1.82, 2.24) is 9.80 Å². The van der Waals surface area contributed by atoms with Gasteiger partial charge in [0.2, 0.25) is 0 Å². The maximum absolute atomic E-state index is 13.4. The highest BCUT2D eigenvalue weighted by molar-refractivity contribution is 7.80. The van der Waals surface area contributed by atoms with Gasteiger partial charge in [-0.25, -0.2) is 0 Å². The smallest absolute Gasteiger partial charge is 0.334 e. The number of benzene rings is 1. The van der Waals surface area contributed by atoms with Crippen molar-refractivity contribution in [2.75, 3.05) is 31.1 Å². The van der Waals surface area contributed by atoms with Crippen LogP contribution in [0, 0.1) is 11.3 Å². The van der Waals surface area contributed by atoms with Gasteiger partial charge in [0.25, 0.3) is 5.91 Å². The summed E-state index contributed by atoms with van der Waals surface area (Å²) in [5.41, 5.74) is -2.47. The molecule has 0 aliphatic carbocycles. The molecule has 2 heterocycles. The molecule has 9 heteroatoms. The number of likely N-dealkylation sites (tertiary alicyclic amines) is 1. The molecule has 0 radical (unpaired) electrons. The van der Waals surface area contributed by atoms with E-state index in [-0.39, 0.29) is 16.7 Å². The van der Waals surface area contributed by atoms with Gasteiger partial charge in [0.1, 0.15) is 5.54 Å². The lowest BCUT2D eigenvalue weighted by molar-refractivity contribution is -0.137. The van der Waals surface area contributed by atoms with Crippen LogP contribution in [0.15, 0.2) is 18.2 Å². The predicted molar refractivity (Wildman–Crippen MR) is 112 cm³/mol. The van der Waals surface area contributed by atoms with E-state index in [4.69, 9.17) is 17.5 Å². The molecule has 1 aromatic rings. The van der Waals surface area contributed by atoms with Crippen LogP contribution in [0.2, 0.25) is 0 Å². The van der Waals surface area contributed by atoms with Crippen molar-refractivity contribution in [2.24, 2.45) is 0 Å². The third-order valence-corrected chi connectivity index (χ3v) is 6.22. The molecule has 1 aromatic carbocycles. The summed E-state index contributed by atoms with van der Waals surface area (Å²) < 4.78 is 40.1. The third-order valence-electron chi connectivity index (χ3n) is 5.82. The van der Waals surface area contributed by atoms with Crippen molar-refractivity contribution in [3.63, 3.8) is 0 Å². The molecule has 30 heavy (non-hydrogen) atoms. The van der Waals surface area contributed by atoms with Crippen LogP contribution in [0.3, 0.4) is 0 Å². The minimum atomic E-state index is -4.70. The molecule has 5 nitrogen and oxygen atoms in total. The quantitative estimate of drug-likeness (QED) is 0.493. The molecule has 2 saturated heterocycles. The van der Waals surface area contributed by atoms with Crippen molar-refractivity contribution in [1.29, 1.82) is 5.26 Å². The highest BCUT2D eigenvalue weighted by Gasteiger charge is 2.49. The van der Waals surface area contributed by atoms with E-state index in [2.05, 4.69) is 4.90 Å². The molecule has 1 amide bonds. The number of hydrogen-bond acceptors (Lipinski definition) is 4. The van der Waals surface area contributed by atoms with E-state index in [1.807, 2.05) is 0 Å². The Labute approximate surface area is 180 Å². The molecule has 2 fully saturated rings. The van der Waals surface area contributed by atoms with E-state index in [1.165, 1.54) is 18.9 Å². The fraction of sp³-hybridized carbons (Fsp3) is 0.571. The zero-order chi connectivity index (χ0) is 22.1. The maximum atomic E-state index is 13.4. The molecule has 0 unspecified atom stereocenters. The standard InChI is InChI=1S/C21H25F3N4OS/c1-20(2)18(29)28(16-8-7-15(14-25)17(13-16)21(22,23)24)19(30)27(20)12-6-5-11-26-9-3-4-10-26/h7-8,13H,3-6,9-12H2,1-2H3. The summed E-state index contributed by atoms with van der Waals surface area (Å²) in [5, 5.41) is 9.20. The molecule has 2 aliphatic heterocycles. The molecular formula is C21H25F3N4OS. The number of anilines is 1. The summed E-state index contributed by atoms with van der Waals surface area (Å²) >= 11 is 5.50. The van der Waals surface area contributed by atoms with Crippen molar-refractivity contribution in [2.45, 2.75) is 51.2 Å². The minimum absolute atomic E-state index is 0.0315. The molecule has 0 spiro atoms. The number of nitriles is 1. The van der Waals surface area contributed by atoms with Crippen LogP contribution >= 0.6 is 12.2 Å². The molecule has 0 atom stereocenters. The Balaban J connectivity index is 1.77. The number of carbonyl (C=O) groups excluding carboxylic acids is 1. The van der Waals surface area contributed by atoms with E-state index in [0.717, 1.165) is 49.5 Å². The van der Waals surface area contributed by atoms with Gasteiger partial charge in [-0.3, -0.25) is 9.69 Å². The van der Waals surface area contributed by atoms with Gasteiger partial charge in [0.05, 0.1) is 22.9 Å². The first-order chi connectivity index (χ1) is 14.1. The minimum Gasteiger partial charge on any atom is -0.334 e. The second-order valence-corrected chi connectivity index (χ2v) is 8.59. The molecule has 0 N–H and O–H groups in total. The lowest BCUT2D eigenvalue weighted by Gasteiger charge is -2.29. The number of carbonyl (C=O) groups is 1. The van der Waals surface area contributed by atoms with Crippen molar-refractivity contribution in [3.05, 3.63) is 29.3 Å². The fourth-order valence-corrected chi connectivity index (χ4v) is 4.56.